The molecule has 0 bridgehead atoms. The van der Waals surface area contributed by atoms with E-state index in [2.05, 4.69) is 61.1 Å². The van der Waals surface area contributed by atoms with E-state index >= 15 is 0 Å². The van der Waals surface area contributed by atoms with Gasteiger partial charge in [-0.05, 0) is 24.7 Å². The quantitative estimate of drug-likeness (QED) is 0.653. The van der Waals surface area contributed by atoms with Crippen molar-refractivity contribution in [2.75, 3.05) is 45.2 Å². The molecule has 1 aliphatic heterocycles. The van der Waals surface area contributed by atoms with Crippen molar-refractivity contribution in [1.29, 1.82) is 0 Å². The number of hydrogen-bond acceptors (Lipinski definition) is 7. The van der Waals surface area contributed by atoms with E-state index in [0.717, 1.165) is 44.1 Å². The van der Waals surface area contributed by atoms with Crippen LogP contribution in [-0.2, 0) is 13.1 Å². The van der Waals surface area contributed by atoms with Crippen LogP contribution in [0.5, 0.6) is 0 Å². The molecule has 28 heavy (non-hydrogen) atoms. The first kappa shape index (κ1) is 18.6. The van der Waals surface area contributed by atoms with Crippen LogP contribution in [0.15, 0.2) is 53.2 Å². The predicted octanol–water partition coefficient (Wildman–Crippen LogP) is 2.52. The molecule has 1 saturated heterocycles. The van der Waals surface area contributed by atoms with Gasteiger partial charge in [0.05, 0.1) is 6.54 Å². The summed E-state index contributed by atoms with van der Waals surface area (Å²) in [6.45, 7) is 5.71. The Morgan fingerprint density at radius 3 is 2.54 bits per heavy atom. The maximum absolute atomic E-state index is 5.45. The third-order valence-electron chi connectivity index (χ3n) is 5.08. The van der Waals surface area contributed by atoms with Crippen LogP contribution in [0.3, 0.4) is 0 Å². The maximum Gasteiger partial charge on any atom is 0.241 e. The van der Waals surface area contributed by atoms with Crippen LogP contribution in [0.4, 0.5) is 5.82 Å². The smallest absolute Gasteiger partial charge is 0.241 e. The van der Waals surface area contributed by atoms with Gasteiger partial charge in [0.15, 0.2) is 0 Å². The van der Waals surface area contributed by atoms with Gasteiger partial charge in [-0.3, -0.25) is 4.90 Å². The van der Waals surface area contributed by atoms with Crippen molar-refractivity contribution < 1.29 is 4.52 Å². The van der Waals surface area contributed by atoms with Gasteiger partial charge < -0.3 is 14.3 Å². The van der Waals surface area contributed by atoms with Gasteiger partial charge >= 0.3 is 0 Å². The molecule has 0 radical (unpaired) electrons. The van der Waals surface area contributed by atoms with Crippen molar-refractivity contribution in [3.63, 3.8) is 0 Å². The normalized spacial score (nSPS) is 15.6. The van der Waals surface area contributed by atoms with Crippen LogP contribution < -0.4 is 4.90 Å². The van der Waals surface area contributed by atoms with Gasteiger partial charge in [0, 0.05) is 51.5 Å². The average molecular weight is 378 g/mol. The predicted molar refractivity (Wildman–Crippen MR) is 109 cm³/mol. The van der Waals surface area contributed by atoms with Crippen molar-refractivity contribution in [1.82, 2.24) is 24.9 Å². The summed E-state index contributed by atoms with van der Waals surface area (Å²) in [6.07, 6.45) is 1.81. The van der Waals surface area contributed by atoms with E-state index in [-0.39, 0.29) is 0 Å². The minimum Gasteiger partial charge on any atom is -0.355 e. The molecule has 1 aromatic carbocycles. The lowest BCUT2D eigenvalue weighted by Gasteiger charge is -2.31. The summed E-state index contributed by atoms with van der Waals surface area (Å²) in [4.78, 5) is 15.9. The minimum absolute atomic E-state index is 0.592. The molecule has 0 spiro atoms. The molecule has 3 heterocycles. The highest BCUT2D eigenvalue weighted by molar-refractivity contribution is 5.55. The zero-order valence-electron chi connectivity index (χ0n) is 16.5. The van der Waals surface area contributed by atoms with Crippen LogP contribution in [0, 0.1) is 0 Å². The van der Waals surface area contributed by atoms with Crippen molar-refractivity contribution in [3.05, 3.63) is 60.1 Å². The SMILES string of the molecule is CN1CCN(Cc2nc(-c3ccc(N(C)Cc4ccccc4)nc3)no2)CC1. The number of rotatable bonds is 6. The first-order valence-corrected chi connectivity index (χ1v) is 9.62. The van der Waals surface area contributed by atoms with Gasteiger partial charge in [-0.1, -0.05) is 35.5 Å². The fourth-order valence-corrected chi connectivity index (χ4v) is 3.32. The van der Waals surface area contributed by atoms with E-state index < -0.39 is 0 Å². The van der Waals surface area contributed by atoms with Crippen molar-refractivity contribution >= 4 is 5.82 Å². The Balaban J connectivity index is 1.38. The number of likely N-dealkylation sites (N-methyl/N-ethyl adjacent to an activating group) is 1. The summed E-state index contributed by atoms with van der Waals surface area (Å²) in [5, 5.41) is 4.13. The van der Waals surface area contributed by atoms with Crippen molar-refractivity contribution in [3.8, 4) is 11.4 Å². The monoisotopic (exact) mass is 378 g/mol. The van der Waals surface area contributed by atoms with Gasteiger partial charge in [0.2, 0.25) is 11.7 Å². The van der Waals surface area contributed by atoms with Gasteiger partial charge in [-0.25, -0.2) is 4.98 Å². The Bertz CT molecular complexity index is 871. The van der Waals surface area contributed by atoms with Crippen LogP contribution in [0.1, 0.15) is 11.5 Å². The van der Waals surface area contributed by atoms with Gasteiger partial charge in [0.25, 0.3) is 0 Å². The number of pyridine rings is 1. The molecule has 7 heteroatoms. The third kappa shape index (κ3) is 4.55. The second-order valence-electron chi connectivity index (χ2n) is 7.34. The fraction of sp³-hybridized carbons (Fsp3) is 0.381. The van der Waals surface area contributed by atoms with Gasteiger partial charge in [0.1, 0.15) is 5.82 Å². The van der Waals surface area contributed by atoms with Gasteiger partial charge in [-0.2, -0.15) is 4.98 Å². The van der Waals surface area contributed by atoms with E-state index in [1.165, 1.54) is 5.56 Å². The second kappa shape index (κ2) is 8.50. The Morgan fingerprint density at radius 2 is 1.82 bits per heavy atom. The van der Waals surface area contributed by atoms with Crippen LogP contribution in [0.25, 0.3) is 11.4 Å². The Hall–Kier alpha value is -2.77. The zero-order chi connectivity index (χ0) is 19.3. The molecule has 2 aromatic heterocycles. The molecule has 1 fully saturated rings. The van der Waals surface area contributed by atoms with E-state index in [1.807, 2.05) is 25.2 Å². The van der Waals surface area contributed by atoms with Crippen LogP contribution in [-0.4, -0.2) is 65.2 Å². The van der Waals surface area contributed by atoms with E-state index in [4.69, 9.17) is 4.52 Å². The first-order valence-electron chi connectivity index (χ1n) is 9.62. The molecule has 4 rings (SSSR count). The molecule has 0 amide bonds. The van der Waals surface area contributed by atoms with Crippen molar-refractivity contribution in [2.45, 2.75) is 13.1 Å². The summed E-state index contributed by atoms with van der Waals surface area (Å²) in [7, 11) is 4.19. The summed E-state index contributed by atoms with van der Waals surface area (Å²) in [5.74, 6) is 2.16. The maximum atomic E-state index is 5.45. The third-order valence-corrected chi connectivity index (χ3v) is 5.08. The van der Waals surface area contributed by atoms with Crippen LogP contribution >= 0.6 is 0 Å². The highest BCUT2D eigenvalue weighted by Crippen LogP contribution is 2.19. The highest BCUT2D eigenvalue weighted by atomic mass is 16.5. The largest absolute Gasteiger partial charge is 0.355 e. The van der Waals surface area contributed by atoms with E-state index in [0.29, 0.717) is 18.3 Å². The van der Waals surface area contributed by atoms with Crippen LogP contribution in [0.2, 0.25) is 0 Å². The minimum atomic E-state index is 0.592. The van der Waals surface area contributed by atoms with Crippen molar-refractivity contribution in [2.24, 2.45) is 0 Å². The molecule has 1 aliphatic rings. The Labute approximate surface area is 165 Å². The molecule has 146 valence electrons. The number of aromatic nitrogens is 3. The molecule has 0 N–H and O–H groups in total. The number of anilines is 1. The second-order valence-corrected chi connectivity index (χ2v) is 7.34. The summed E-state index contributed by atoms with van der Waals surface area (Å²) < 4.78 is 5.45. The lowest BCUT2D eigenvalue weighted by Crippen LogP contribution is -2.43. The standard InChI is InChI=1S/C21H26N6O/c1-25-10-12-27(13-11-25)16-20-23-21(24-28-20)18-8-9-19(22-14-18)26(2)15-17-6-4-3-5-7-17/h3-9,14H,10-13,15-16H2,1-2H3. The van der Waals surface area contributed by atoms with E-state index in [1.54, 1.807) is 6.20 Å². The van der Waals surface area contributed by atoms with E-state index in [9.17, 15) is 0 Å². The van der Waals surface area contributed by atoms with Gasteiger partial charge in [-0.15, -0.1) is 0 Å². The highest BCUT2D eigenvalue weighted by Gasteiger charge is 2.17. The summed E-state index contributed by atoms with van der Waals surface area (Å²) in [6, 6.07) is 14.4. The lowest BCUT2D eigenvalue weighted by atomic mass is 10.2. The molecular weight excluding hydrogens is 352 g/mol. The molecule has 3 aromatic rings. The molecule has 7 nitrogen and oxygen atoms in total. The number of piperazine rings is 1. The molecule has 0 atom stereocenters. The number of nitrogens with zero attached hydrogens (tertiary/aromatic N) is 6. The summed E-state index contributed by atoms with van der Waals surface area (Å²) in [5.41, 5.74) is 2.12. The zero-order valence-corrected chi connectivity index (χ0v) is 16.5. The molecule has 0 unspecified atom stereocenters. The summed E-state index contributed by atoms with van der Waals surface area (Å²) >= 11 is 0. The Kier molecular flexibility index (Phi) is 5.64. The number of benzene rings is 1. The molecular formula is C21H26N6O. The average Bonchev–Trinajstić information content (AvgIpc) is 3.19. The fourth-order valence-electron chi connectivity index (χ4n) is 3.32. The topological polar surface area (TPSA) is 61.5 Å². The molecule has 0 aliphatic carbocycles. The molecule has 0 saturated carbocycles. The first-order chi connectivity index (χ1) is 13.7. The number of hydrogen-bond donors (Lipinski definition) is 0. The lowest BCUT2D eigenvalue weighted by molar-refractivity contribution is 0.135. The Morgan fingerprint density at radius 1 is 1.04 bits per heavy atom.